The molecule has 7 heteroatoms. The largest absolute Gasteiger partial charge is 0.378 e. The summed E-state index contributed by atoms with van der Waals surface area (Å²) in [5, 5.41) is 19.4. The summed E-state index contributed by atoms with van der Waals surface area (Å²) in [6.45, 7) is 9.46. The third-order valence-electron chi connectivity index (χ3n) is 5.56. The van der Waals surface area contributed by atoms with Gasteiger partial charge in [-0.2, -0.15) is 5.10 Å². The Kier molecular flexibility index (Phi) is 6.37. The topological polar surface area (TPSA) is 58.3 Å². The van der Waals surface area contributed by atoms with E-state index in [1.807, 2.05) is 54.0 Å². The number of rotatable bonds is 7. The molecule has 2 heterocycles. The van der Waals surface area contributed by atoms with Crippen LogP contribution in [-0.2, 0) is 13.0 Å². The Hall–Kier alpha value is -3.12. The maximum Gasteiger partial charge on any atom is 0.0918 e. The number of fused-ring (bicyclic) bond motifs is 3. The lowest BCUT2D eigenvalue weighted by Crippen LogP contribution is -2.13. The van der Waals surface area contributed by atoms with E-state index in [2.05, 4.69) is 45.5 Å². The predicted octanol–water partition coefficient (Wildman–Crippen LogP) is 5.46. The van der Waals surface area contributed by atoms with E-state index in [4.69, 9.17) is 11.6 Å². The van der Waals surface area contributed by atoms with E-state index in [-0.39, 0.29) is 6.04 Å². The Morgan fingerprint density at radius 2 is 2.10 bits per heavy atom. The lowest BCUT2D eigenvalue weighted by molar-refractivity contribution is 0.425. The molecule has 0 spiro atoms. The molecule has 6 nitrogen and oxygen atoms in total. The Bertz CT molecular complexity index is 1090. The van der Waals surface area contributed by atoms with Gasteiger partial charge in [0.15, 0.2) is 0 Å². The molecule has 2 aromatic carbocycles. The molecule has 0 saturated carbocycles. The van der Waals surface area contributed by atoms with Crippen LogP contribution in [0.25, 0.3) is 11.3 Å². The first-order valence-corrected chi connectivity index (χ1v) is 10.9. The van der Waals surface area contributed by atoms with Crippen LogP contribution in [0, 0.1) is 6.92 Å². The third-order valence-corrected chi connectivity index (χ3v) is 5.81. The lowest BCUT2D eigenvalue weighted by Gasteiger charge is -2.21. The van der Waals surface area contributed by atoms with Crippen LogP contribution in [0.2, 0.25) is 5.02 Å². The number of benzene rings is 2. The van der Waals surface area contributed by atoms with Gasteiger partial charge in [-0.1, -0.05) is 41.6 Å². The fraction of sp³-hybridized carbons (Fsp3) is 0.292. The summed E-state index contributed by atoms with van der Waals surface area (Å²) in [5.41, 5.74) is 6.73. The zero-order valence-corrected chi connectivity index (χ0v) is 18.7. The van der Waals surface area contributed by atoms with Crippen molar-refractivity contribution in [3.05, 3.63) is 77.1 Å². The van der Waals surface area contributed by atoms with Crippen molar-refractivity contribution in [2.24, 2.45) is 5.10 Å². The second-order valence-electron chi connectivity index (χ2n) is 7.60. The number of hydrogen-bond donors (Lipinski definition) is 1. The van der Waals surface area contributed by atoms with Crippen molar-refractivity contribution in [2.75, 3.05) is 11.9 Å². The highest BCUT2D eigenvalue weighted by atomic mass is 35.5. The van der Waals surface area contributed by atoms with Gasteiger partial charge in [-0.3, -0.25) is 5.01 Å². The molecule has 1 N–H and O–H groups in total. The number of nitrogens with zero attached hydrogens (tertiary/aromatic N) is 5. The molecule has 3 aromatic rings. The maximum absolute atomic E-state index is 6.07. The van der Waals surface area contributed by atoms with Crippen LogP contribution >= 0.6 is 11.6 Å². The number of hydrogen-bond acceptors (Lipinski definition) is 5. The first-order chi connectivity index (χ1) is 15.1. The first kappa shape index (κ1) is 21.1. The van der Waals surface area contributed by atoms with Gasteiger partial charge >= 0.3 is 0 Å². The fourth-order valence-corrected chi connectivity index (χ4v) is 4.07. The molecule has 0 fully saturated rings. The summed E-state index contributed by atoms with van der Waals surface area (Å²) in [7, 11) is 0. The van der Waals surface area contributed by atoms with Gasteiger partial charge in [-0.05, 0) is 55.7 Å². The number of nitrogens with one attached hydrogen (secondary N) is 1. The standard InChI is InChI=1S/C24H27ClN6/c1-4-30(5-2)26-14-12-18-6-11-21-22(16-18)23(27-20-9-7-19(25)8-10-20)13-15-31-24(21)17(3)28-29-31/h4,6-11,14,16,23,27H,1,5,12-13,15H2,2-3H3/b26-14-/t23-/m1/s1. The monoisotopic (exact) mass is 434 g/mol. The van der Waals surface area contributed by atoms with E-state index in [0.29, 0.717) is 0 Å². The molecule has 0 amide bonds. The molecule has 1 aliphatic heterocycles. The average Bonchev–Trinajstić information content (AvgIpc) is 3.07. The van der Waals surface area contributed by atoms with Crippen molar-refractivity contribution >= 4 is 23.5 Å². The molecular formula is C24H27ClN6. The van der Waals surface area contributed by atoms with Gasteiger partial charge in [0.1, 0.15) is 0 Å². The molecule has 31 heavy (non-hydrogen) atoms. The molecule has 4 rings (SSSR count). The van der Waals surface area contributed by atoms with Gasteiger partial charge in [0.05, 0.1) is 17.4 Å². The van der Waals surface area contributed by atoms with Crippen molar-refractivity contribution in [1.29, 1.82) is 0 Å². The van der Waals surface area contributed by atoms with Crippen molar-refractivity contribution in [1.82, 2.24) is 20.0 Å². The van der Waals surface area contributed by atoms with Crippen LogP contribution in [0.4, 0.5) is 5.69 Å². The number of halogens is 1. The fourth-order valence-electron chi connectivity index (χ4n) is 3.95. The summed E-state index contributed by atoms with van der Waals surface area (Å²) in [5.74, 6) is 0. The minimum atomic E-state index is 0.148. The van der Waals surface area contributed by atoms with E-state index in [1.165, 1.54) is 16.7 Å². The molecule has 0 bridgehead atoms. The summed E-state index contributed by atoms with van der Waals surface area (Å²) >= 11 is 6.07. The SMILES string of the molecule is C=CN(CC)/N=C\Cc1ccc2c(c1)[C@H](Nc1ccc(Cl)cc1)CCn1nnc(C)c1-2. The smallest absolute Gasteiger partial charge is 0.0918 e. The highest BCUT2D eigenvalue weighted by Gasteiger charge is 2.25. The van der Waals surface area contributed by atoms with Gasteiger partial charge in [0.25, 0.3) is 0 Å². The van der Waals surface area contributed by atoms with Crippen LogP contribution in [0.15, 0.2) is 60.3 Å². The summed E-state index contributed by atoms with van der Waals surface area (Å²) in [6, 6.07) is 14.6. The quantitative estimate of drug-likeness (QED) is 0.396. The zero-order valence-electron chi connectivity index (χ0n) is 17.9. The van der Waals surface area contributed by atoms with Gasteiger partial charge < -0.3 is 5.32 Å². The number of aryl methyl sites for hydroxylation is 2. The van der Waals surface area contributed by atoms with E-state index < -0.39 is 0 Å². The lowest BCUT2D eigenvalue weighted by atomic mass is 9.93. The molecule has 0 aliphatic carbocycles. The van der Waals surface area contributed by atoms with Crippen LogP contribution in [-0.4, -0.2) is 32.8 Å². The van der Waals surface area contributed by atoms with E-state index in [0.717, 1.165) is 48.0 Å². The second kappa shape index (κ2) is 9.35. The Balaban J connectivity index is 1.68. The Labute approximate surface area is 188 Å². The van der Waals surface area contributed by atoms with E-state index >= 15 is 0 Å². The molecule has 160 valence electrons. The number of aromatic nitrogens is 3. The Morgan fingerprint density at radius 1 is 1.29 bits per heavy atom. The van der Waals surface area contributed by atoms with Crippen molar-refractivity contribution < 1.29 is 0 Å². The maximum atomic E-state index is 6.07. The summed E-state index contributed by atoms with van der Waals surface area (Å²) in [6.07, 6.45) is 5.32. The van der Waals surface area contributed by atoms with Crippen LogP contribution < -0.4 is 5.32 Å². The highest BCUT2D eigenvalue weighted by molar-refractivity contribution is 6.30. The summed E-state index contributed by atoms with van der Waals surface area (Å²) in [4.78, 5) is 0. The van der Waals surface area contributed by atoms with E-state index in [9.17, 15) is 0 Å². The first-order valence-electron chi connectivity index (χ1n) is 10.6. The van der Waals surface area contributed by atoms with Gasteiger partial charge in [0, 0.05) is 48.2 Å². The number of anilines is 1. The van der Waals surface area contributed by atoms with Gasteiger partial charge in [-0.15, -0.1) is 5.10 Å². The number of hydrazone groups is 1. The molecule has 1 aliphatic rings. The van der Waals surface area contributed by atoms with Crippen LogP contribution in [0.3, 0.4) is 0 Å². The van der Waals surface area contributed by atoms with Crippen LogP contribution in [0.1, 0.15) is 36.2 Å². The molecule has 0 radical (unpaired) electrons. The van der Waals surface area contributed by atoms with Crippen LogP contribution in [0.5, 0.6) is 0 Å². The van der Waals surface area contributed by atoms with Crippen molar-refractivity contribution in [3.8, 4) is 11.3 Å². The molecule has 0 saturated heterocycles. The normalized spacial score (nSPS) is 15.3. The van der Waals surface area contributed by atoms with Gasteiger partial charge in [-0.25, -0.2) is 4.68 Å². The highest BCUT2D eigenvalue weighted by Crippen LogP contribution is 2.37. The van der Waals surface area contributed by atoms with E-state index in [1.54, 1.807) is 6.20 Å². The molecular weight excluding hydrogens is 408 g/mol. The summed E-state index contributed by atoms with van der Waals surface area (Å²) < 4.78 is 2.02. The third kappa shape index (κ3) is 4.64. The predicted molar refractivity (Wildman–Crippen MR) is 127 cm³/mol. The zero-order chi connectivity index (χ0) is 21.8. The minimum absolute atomic E-state index is 0.148. The van der Waals surface area contributed by atoms with Gasteiger partial charge in [0.2, 0.25) is 0 Å². The molecule has 1 atom stereocenters. The average molecular weight is 435 g/mol. The molecule has 0 unspecified atom stereocenters. The van der Waals surface area contributed by atoms with Crippen molar-refractivity contribution in [3.63, 3.8) is 0 Å². The Morgan fingerprint density at radius 3 is 2.84 bits per heavy atom. The minimum Gasteiger partial charge on any atom is -0.378 e. The molecule has 1 aromatic heterocycles. The van der Waals surface area contributed by atoms with Crippen molar-refractivity contribution in [2.45, 2.75) is 39.3 Å². The second-order valence-corrected chi connectivity index (χ2v) is 8.04.